The normalized spacial score (nSPS) is 13.7. The molecule has 0 aliphatic rings. The molecule has 8 N–H and O–H groups in total. The van der Waals surface area contributed by atoms with Crippen molar-refractivity contribution in [3.63, 3.8) is 0 Å². The van der Waals surface area contributed by atoms with E-state index in [-0.39, 0.29) is 0 Å². The molecule has 0 heterocycles. The summed E-state index contributed by atoms with van der Waals surface area (Å²) in [5, 5.41) is 32.8. The summed E-state index contributed by atoms with van der Waals surface area (Å²) in [4.78, 5) is 68.1. The molecule has 0 rings (SSSR count). The van der Waals surface area contributed by atoms with Crippen LogP contribution in [0.3, 0.4) is 0 Å². The molecule has 158 valence electrons. The minimum Gasteiger partial charge on any atom is -0.481 e. The van der Waals surface area contributed by atoms with Gasteiger partial charge in [0.05, 0.1) is 25.4 Å². The molecule has 3 atom stereocenters. The van der Waals surface area contributed by atoms with E-state index < -0.39 is 79.1 Å². The van der Waals surface area contributed by atoms with Crippen molar-refractivity contribution >= 4 is 35.6 Å². The van der Waals surface area contributed by atoms with Crippen molar-refractivity contribution in [2.24, 2.45) is 11.7 Å². The molecule has 3 unspecified atom stereocenters. The van der Waals surface area contributed by atoms with Crippen molar-refractivity contribution in [1.29, 1.82) is 0 Å². The molecule has 0 saturated heterocycles. The summed E-state index contributed by atoms with van der Waals surface area (Å²) in [6, 6.07) is -4.28. The number of nitrogens with two attached hydrogens (primary N) is 1. The highest BCUT2D eigenvalue weighted by Crippen LogP contribution is 2.03. The van der Waals surface area contributed by atoms with Crippen molar-refractivity contribution in [3.05, 3.63) is 0 Å². The highest BCUT2D eigenvalue weighted by Gasteiger charge is 2.30. The third-order valence-corrected chi connectivity index (χ3v) is 3.42. The molecule has 0 aliphatic carbocycles. The van der Waals surface area contributed by atoms with Crippen LogP contribution in [-0.4, -0.2) is 75.6 Å². The summed E-state index contributed by atoms with van der Waals surface area (Å²) >= 11 is 0. The van der Waals surface area contributed by atoms with Gasteiger partial charge in [-0.05, 0) is 5.92 Å². The Hall–Kier alpha value is -3.22. The molecule has 0 aliphatic heterocycles. The van der Waals surface area contributed by atoms with Gasteiger partial charge in [0.25, 0.3) is 0 Å². The number of amides is 3. The van der Waals surface area contributed by atoms with Gasteiger partial charge in [-0.3, -0.25) is 24.0 Å². The van der Waals surface area contributed by atoms with Crippen LogP contribution < -0.4 is 21.7 Å². The van der Waals surface area contributed by atoms with E-state index in [4.69, 9.17) is 21.1 Å². The SMILES string of the molecule is CC(C)C(NC(=O)C(CC(=O)O)NC(=O)CNC(=O)C(N)CC(=O)O)C(=O)O. The molecule has 3 amide bonds. The van der Waals surface area contributed by atoms with Crippen molar-refractivity contribution in [2.45, 2.75) is 44.8 Å². The molecular formula is C15H24N4O9. The zero-order valence-electron chi connectivity index (χ0n) is 15.3. The van der Waals surface area contributed by atoms with E-state index in [1.165, 1.54) is 13.8 Å². The van der Waals surface area contributed by atoms with Crippen LogP contribution in [0.15, 0.2) is 0 Å². The second-order valence-corrected chi connectivity index (χ2v) is 6.21. The first kappa shape index (κ1) is 24.8. The lowest BCUT2D eigenvalue weighted by Gasteiger charge is -2.22. The van der Waals surface area contributed by atoms with Gasteiger partial charge in [-0.15, -0.1) is 0 Å². The van der Waals surface area contributed by atoms with Gasteiger partial charge in [0, 0.05) is 0 Å². The molecule has 0 saturated carbocycles. The fraction of sp³-hybridized carbons (Fsp3) is 0.600. The molecular weight excluding hydrogens is 380 g/mol. The Bertz CT molecular complexity index is 635. The van der Waals surface area contributed by atoms with Gasteiger partial charge in [-0.2, -0.15) is 0 Å². The molecule has 13 heteroatoms. The van der Waals surface area contributed by atoms with Gasteiger partial charge >= 0.3 is 17.9 Å². The van der Waals surface area contributed by atoms with Crippen LogP contribution in [0.1, 0.15) is 26.7 Å². The summed E-state index contributed by atoms with van der Waals surface area (Å²) in [6.45, 7) is 2.36. The molecule has 0 fully saturated rings. The van der Waals surface area contributed by atoms with Crippen LogP contribution in [-0.2, 0) is 28.8 Å². The van der Waals surface area contributed by atoms with Crippen molar-refractivity contribution in [1.82, 2.24) is 16.0 Å². The standard InChI is InChI=1S/C15H24N4O9/c1-6(2)12(15(27)28)19-14(26)8(4-11(23)24)18-9(20)5-17-13(25)7(16)3-10(21)22/h6-8,12H,3-5,16H2,1-2H3,(H,17,25)(H,18,20)(H,19,26)(H,21,22)(H,23,24)(H,27,28). The molecule has 0 radical (unpaired) electrons. The van der Waals surface area contributed by atoms with Crippen molar-refractivity contribution in [3.8, 4) is 0 Å². The van der Waals surface area contributed by atoms with E-state index in [2.05, 4.69) is 10.6 Å². The number of carbonyl (C=O) groups is 6. The van der Waals surface area contributed by atoms with E-state index in [9.17, 15) is 28.8 Å². The van der Waals surface area contributed by atoms with E-state index in [0.29, 0.717) is 0 Å². The second kappa shape index (κ2) is 11.5. The third-order valence-electron chi connectivity index (χ3n) is 3.42. The van der Waals surface area contributed by atoms with Gasteiger partial charge in [-0.25, -0.2) is 4.79 Å². The fourth-order valence-corrected chi connectivity index (χ4v) is 1.98. The van der Waals surface area contributed by atoms with Crippen LogP contribution in [0, 0.1) is 5.92 Å². The molecule has 13 nitrogen and oxygen atoms in total. The van der Waals surface area contributed by atoms with Gasteiger partial charge < -0.3 is 37.0 Å². The molecule has 28 heavy (non-hydrogen) atoms. The minimum absolute atomic E-state index is 0.502. The topological polar surface area (TPSA) is 225 Å². The average Bonchev–Trinajstić information content (AvgIpc) is 2.54. The van der Waals surface area contributed by atoms with E-state index in [1.54, 1.807) is 0 Å². The summed E-state index contributed by atoms with van der Waals surface area (Å²) in [5.41, 5.74) is 5.31. The van der Waals surface area contributed by atoms with Gasteiger partial charge in [0.2, 0.25) is 17.7 Å². The number of carboxylic acid groups (broad SMARTS) is 3. The number of carboxylic acids is 3. The quantitative estimate of drug-likeness (QED) is 0.175. The maximum absolute atomic E-state index is 12.2. The van der Waals surface area contributed by atoms with Gasteiger partial charge in [-0.1, -0.05) is 13.8 Å². The number of hydrogen-bond acceptors (Lipinski definition) is 7. The molecule has 0 aromatic rings. The Labute approximate surface area is 159 Å². The Morgan fingerprint density at radius 1 is 0.857 bits per heavy atom. The molecule has 0 bridgehead atoms. The summed E-state index contributed by atoms with van der Waals surface area (Å²) in [5.74, 6) is -7.48. The smallest absolute Gasteiger partial charge is 0.326 e. The summed E-state index contributed by atoms with van der Waals surface area (Å²) in [7, 11) is 0. The highest BCUT2D eigenvalue weighted by atomic mass is 16.4. The van der Waals surface area contributed by atoms with Crippen LogP contribution in [0.25, 0.3) is 0 Å². The monoisotopic (exact) mass is 404 g/mol. The van der Waals surface area contributed by atoms with Crippen LogP contribution in [0.5, 0.6) is 0 Å². The van der Waals surface area contributed by atoms with Crippen molar-refractivity contribution in [2.75, 3.05) is 6.54 Å². The molecule has 0 spiro atoms. The number of hydrogen-bond donors (Lipinski definition) is 7. The zero-order valence-corrected chi connectivity index (χ0v) is 15.3. The number of carbonyl (C=O) groups excluding carboxylic acids is 3. The zero-order chi connectivity index (χ0) is 22.0. The van der Waals surface area contributed by atoms with E-state index in [1.807, 2.05) is 5.32 Å². The number of nitrogens with one attached hydrogen (secondary N) is 3. The number of aliphatic carboxylic acids is 3. The predicted octanol–water partition coefficient (Wildman–Crippen LogP) is -2.91. The van der Waals surface area contributed by atoms with E-state index in [0.717, 1.165) is 0 Å². The molecule has 0 aromatic heterocycles. The Balaban J connectivity index is 4.90. The largest absolute Gasteiger partial charge is 0.481 e. The second-order valence-electron chi connectivity index (χ2n) is 6.21. The van der Waals surface area contributed by atoms with Gasteiger partial charge in [0.1, 0.15) is 12.1 Å². The van der Waals surface area contributed by atoms with Crippen molar-refractivity contribution < 1.29 is 44.1 Å². The lowest BCUT2D eigenvalue weighted by Crippen LogP contribution is -2.55. The average molecular weight is 404 g/mol. The first-order valence-electron chi connectivity index (χ1n) is 8.14. The summed E-state index contributed by atoms with van der Waals surface area (Å²) < 4.78 is 0. The first-order valence-corrected chi connectivity index (χ1v) is 8.14. The first-order chi connectivity index (χ1) is 12.8. The van der Waals surface area contributed by atoms with Gasteiger partial charge in [0.15, 0.2) is 0 Å². The van der Waals surface area contributed by atoms with Crippen LogP contribution in [0.4, 0.5) is 0 Å². The minimum atomic E-state index is -1.59. The van der Waals surface area contributed by atoms with Crippen LogP contribution >= 0.6 is 0 Å². The van der Waals surface area contributed by atoms with Crippen LogP contribution in [0.2, 0.25) is 0 Å². The third kappa shape index (κ3) is 9.47. The lowest BCUT2D eigenvalue weighted by atomic mass is 10.0. The maximum atomic E-state index is 12.2. The molecule has 0 aromatic carbocycles. The predicted molar refractivity (Wildman–Crippen MR) is 91.8 cm³/mol. The Kier molecular flexibility index (Phi) is 10.2. The fourth-order valence-electron chi connectivity index (χ4n) is 1.98. The number of rotatable bonds is 12. The highest BCUT2D eigenvalue weighted by molar-refractivity contribution is 5.94. The summed E-state index contributed by atoms with van der Waals surface area (Å²) in [6.07, 6.45) is -1.49. The maximum Gasteiger partial charge on any atom is 0.326 e. The Morgan fingerprint density at radius 3 is 1.82 bits per heavy atom. The Morgan fingerprint density at radius 2 is 1.39 bits per heavy atom. The lowest BCUT2D eigenvalue weighted by molar-refractivity contribution is -0.144. The van der Waals surface area contributed by atoms with E-state index >= 15 is 0 Å².